The summed E-state index contributed by atoms with van der Waals surface area (Å²) in [5, 5.41) is 8.58. The molecule has 0 radical (unpaired) electrons. The lowest BCUT2D eigenvalue weighted by atomic mass is 10.1. The van der Waals surface area contributed by atoms with E-state index in [0.29, 0.717) is 6.42 Å². The molecule has 1 aromatic rings. The van der Waals surface area contributed by atoms with Crippen LogP contribution in [0.5, 0.6) is 5.75 Å². The summed E-state index contributed by atoms with van der Waals surface area (Å²) in [7, 11) is 1.61. The number of benzene rings is 1. The topological polar surface area (TPSA) is 46.5 Å². The van der Waals surface area contributed by atoms with E-state index in [0.717, 1.165) is 21.3 Å². The van der Waals surface area contributed by atoms with E-state index >= 15 is 0 Å². The minimum absolute atomic E-state index is 0.138. The van der Waals surface area contributed by atoms with Gasteiger partial charge in [0.2, 0.25) is 0 Å². The van der Waals surface area contributed by atoms with E-state index in [-0.39, 0.29) is 6.42 Å². The van der Waals surface area contributed by atoms with Crippen molar-refractivity contribution in [3.8, 4) is 5.75 Å². The first kappa shape index (κ1) is 12.0. The molecule has 0 saturated heterocycles. The average Bonchev–Trinajstić information content (AvgIpc) is 2.19. The summed E-state index contributed by atoms with van der Waals surface area (Å²) in [4.78, 5) is 10.4. The molecule has 0 unspecified atom stereocenters. The molecule has 0 saturated carbocycles. The molecular formula is C11H13BrO3. The lowest BCUT2D eigenvalue weighted by Gasteiger charge is -2.09. The largest absolute Gasteiger partial charge is 0.496 e. The molecule has 0 aliphatic rings. The Balaban J connectivity index is 2.90. The average molecular weight is 273 g/mol. The number of rotatable bonds is 4. The van der Waals surface area contributed by atoms with Gasteiger partial charge < -0.3 is 9.84 Å². The van der Waals surface area contributed by atoms with Gasteiger partial charge in [0.1, 0.15) is 5.75 Å². The van der Waals surface area contributed by atoms with Gasteiger partial charge in [-0.15, -0.1) is 0 Å². The zero-order valence-electron chi connectivity index (χ0n) is 8.71. The molecule has 1 N–H and O–H groups in total. The zero-order chi connectivity index (χ0) is 11.4. The lowest BCUT2D eigenvalue weighted by molar-refractivity contribution is -0.136. The Kier molecular flexibility index (Phi) is 4.15. The molecule has 0 aliphatic heterocycles. The van der Waals surface area contributed by atoms with Crippen LogP contribution in [-0.4, -0.2) is 18.2 Å². The number of ether oxygens (including phenoxy) is 1. The van der Waals surface area contributed by atoms with E-state index in [9.17, 15) is 4.79 Å². The maximum Gasteiger partial charge on any atom is 0.303 e. The minimum Gasteiger partial charge on any atom is -0.496 e. The van der Waals surface area contributed by atoms with Crippen molar-refractivity contribution < 1.29 is 14.6 Å². The Morgan fingerprint density at radius 2 is 2.20 bits per heavy atom. The smallest absolute Gasteiger partial charge is 0.303 e. The fourth-order valence-corrected chi connectivity index (χ4v) is 1.80. The van der Waals surface area contributed by atoms with Crippen LogP contribution in [0.25, 0.3) is 0 Å². The monoisotopic (exact) mass is 272 g/mol. The van der Waals surface area contributed by atoms with Gasteiger partial charge in [-0.25, -0.2) is 0 Å². The minimum atomic E-state index is -0.786. The predicted octanol–water partition coefficient (Wildman–Crippen LogP) is 2.78. The molecule has 0 fully saturated rings. The van der Waals surface area contributed by atoms with Crippen LogP contribution in [0.3, 0.4) is 0 Å². The molecule has 0 heterocycles. The van der Waals surface area contributed by atoms with Crippen LogP contribution < -0.4 is 4.74 Å². The van der Waals surface area contributed by atoms with Crippen LogP contribution in [0.1, 0.15) is 17.5 Å². The highest BCUT2D eigenvalue weighted by Gasteiger charge is 2.07. The maximum atomic E-state index is 10.4. The zero-order valence-corrected chi connectivity index (χ0v) is 10.3. The Bertz CT molecular complexity index is 374. The lowest BCUT2D eigenvalue weighted by Crippen LogP contribution is -1.98. The van der Waals surface area contributed by atoms with Crippen LogP contribution >= 0.6 is 15.9 Å². The predicted molar refractivity (Wildman–Crippen MR) is 61.4 cm³/mol. The van der Waals surface area contributed by atoms with Crippen molar-refractivity contribution in [1.82, 2.24) is 0 Å². The summed E-state index contributed by atoms with van der Waals surface area (Å²) in [6.45, 7) is 1.95. The highest BCUT2D eigenvalue weighted by Crippen LogP contribution is 2.28. The number of halogens is 1. The first-order valence-electron chi connectivity index (χ1n) is 4.59. The Labute approximate surface area is 97.2 Å². The second-order valence-electron chi connectivity index (χ2n) is 3.30. The second kappa shape index (κ2) is 5.16. The molecule has 0 atom stereocenters. The van der Waals surface area contributed by atoms with Crippen molar-refractivity contribution in [2.45, 2.75) is 19.8 Å². The van der Waals surface area contributed by atoms with Gasteiger partial charge in [-0.1, -0.05) is 15.9 Å². The number of methoxy groups -OCH3 is 1. The molecule has 0 spiro atoms. The SMILES string of the molecule is COc1cc(CCC(=O)O)cc(Br)c1C. The van der Waals surface area contributed by atoms with Crippen molar-refractivity contribution in [3.05, 3.63) is 27.7 Å². The number of hydrogen-bond donors (Lipinski definition) is 1. The van der Waals surface area contributed by atoms with Gasteiger partial charge in [-0.05, 0) is 31.0 Å². The Morgan fingerprint density at radius 3 is 2.73 bits per heavy atom. The third-order valence-corrected chi connectivity index (χ3v) is 3.03. The van der Waals surface area contributed by atoms with Crippen molar-refractivity contribution in [2.75, 3.05) is 7.11 Å². The molecule has 15 heavy (non-hydrogen) atoms. The summed E-state index contributed by atoms with van der Waals surface area (Å²) >= 11 is 3.42. The molecule has 3 nitrogen and oxygen atoms in total. The first-order chi connectivity index (χ1) is 7.04. The van der Waals surface area contributed by atoms with Crippen LogP contribution in [0.2, 0.25) is 0 Å². The van der Waals surface area contributed by atoms with Gasteiger partial charge >= 0.3 is 5.97 Å². The van der Waals surface area contributed by atoms with Crippen molar-refractivity contribution in [1.29, 1.82) is 0 Å². The van der Waals surface area contributed by atoms with Gasteiger partial charge in [0, 0.05) is 16.5 Å². The van der Waals surface area contributed by atoms with Crippen LogP contribution in [0.15, 0.2) is 16.6 Å². The third kappa shape index (κ3) is 3.23. The number of carboxylic acid groups (broad SMARTS) is 1. The number of hydrogen-bond acceptors (Lipinski definition) is 2. The molecule has 82 valence electrons. The third-order valence-electron chi connectivity index (χ3n) is 2.20. The van der Waals surface area contributed by atoms with E-state index in [4.69, 9.17) is 9.84 Å². The van der Waals surface area contributed by atoms with Crippen LogP contribution in [0.4, 0.5) is 0 Å². The van der Waals surface area contributed by atoms with Crippen molar-refractivity contribution in [2.24, 2.45) is 0 Å². The van der Waals surface area contributed by atoms with Gasteiger partial charge in [0.25, 0.3) is 0 Å². The van der Waals surface area contributed by atoms with Gasteiger partial charge in [0.05, 0.1) is 7.11 Å². The van der Waals surface area contributed by atoms with E-state index in [1.807, 2.05) is 19.1 Å². The van der Waals surface area contributed by atoms with E-state index in [1.54, 1.807) is 7.11 Å². The number of aryl methyl sites for hydroxylation is 1. The number of aliphatic carboxylic acids is 1. The van der Waals surface area contributed by atoms with Gasteiger partial charge in [-0.3, -0.25) is 4.79 Å². The van der Waals surface area contributed by atoms with Gasteiger partial charge in [0.15, 0.2) is 0 Å². The molecular weight excluding hydrogens is 260 g/mol. The molecule has 1 rings (SSSR count). The molecule has 0 bridgehead atoms. The summed E-state index contributed by atoms with van der Waals surface area (Å²) in [6, 6.07) is 3.81. The van der Waals surface area contributed by atoms with Crippen LogP contribution in [0, 0.1) is 6.92 Å². The fraction of sp³-hybridized carbons (Fsp3) is 0.364. The second-order valence-corrected chi connectivity index (χ2v) is 4.15. The maximum absolute atomic E-state index is 10.4. The summed E-state index contributed by atoms with van der Waals surface area (Å²) in [6.07, 6.45) is 0.656. The molecule has 0 amide bonds. The van der Waals surface area contributed by atoms with E-state index < -0.39 is 5.97 Å². The quantitative estimate of drug-likeness (QED) is 0.917. The van der Waals surface area contributed by atoms with Crippen molar-refractivity contribution in [3.63, 3.8) is 0 Å². The van der Waals surface area contributed by atoms with Crippen molar-refractivity contribution >= 4 is 21.9 Å². The Hall–Kier alpha value is -1.03. The van der Waals surface area contributed by atoms with E-state index in [1.165, 1.54) is 0 Å². The first-order valence-corrected chi connectivity index (χ1v) is 5.38. The number of carbonyl (C=O) groups is 1. The molecule has 4 heteroatoms. The standard InChI is InChI=1S/C11H13BrO3/c1-7-9(12)5-8(3-4-11(13)14)6-10(7)15-2/h5-6H,3-4H2,1-2H3,(H,13,14). The molecule has 0 aromatic heterocycles. The molecule has 0 aliphatic carbocycles. The summed E-state index contributed by atoms with van der Waals surface area (Å²) < 4.78 is 6.14. The van der Waals surface area contributed by atoms with E-state index in [2.05, 4.69) is 15.9 Å². The number of carboxylic acids is 1. The molecule has 1 aromatic carbocycles. The highest BCUT2D eigenvalue weighted by molar-refractivity contribution is 9.10. The van der Waals surface area contributed by atoms with Gasteiger partial charge in [-0.2, -0.15) is 0 Å². The van der Waals surface area contributed by atoms with Crippen LogP contribution in [-0.2, 0) is 11.2 Å². The summed E-state index contributed by atoms with van der Waals surface area (Å²) in [5.74, 6) is -0.00423. The Morgan fingerprint density at radius 1 is 1.53 bits per heavy atom. The summed E-state index contributed by atoms with van der Waals surface area (Å²) in [5.41, 5.74) is 1.99. The fourth-order valence-electron chi connectivity index (χ4n) is 1.31. The highest BCUT2D eigenvalue weighted by atomic mass is 79.9. The normalized spacial score (nSPS) is 10.1.